The van der Waals surface area contributed by atoms with Gasteiger partial charge in [0, 0.05) is 43.8 Å². The van der Waals surface area contributed by atoms with Gasteiger partial charge in [-0.05, 0) is 0 Å². The molecule has 9 rings (SSSR count). The van der Waals surface area contributed by atoms with Crippen LogP contribution >= 0.6 is 0 Å². The van der Waals surface area contributed by atoms with Gasteiger partial charge in [-0.1, -0.05) is 97.1 Å². The van der Waals surface area contributed by atoms with Gasteiger partial charge in [0.05, 0.1) is 0 Å². The number of rotatable bonds is 0. The Morgan fingerprint density at radius 3 is 0.795 bits per heavy atom. The van der Waals surface area contributed by atoms with Crippen LogP contribution in [0.4, 0.5) is 0 Å². The molecule has 0 atom stereocenters. The van der Waals surface area contributed by atoms with Crippen molar-refractivity contribution in [3.63, 3.8) is 0 Å². The van der Waals surface area contributed by atoms with Gasteiger partial charge in [-0.2, -0.15) is 0 Å². The maximum Gasteiger partial charge on any atom is 3.00 e. The summed E-state index contributed by atoms with van der Waals surface area (Å²) in [4.78, 5) is 36.8. The van der Waals surface area contributed by atoms with Gasteiger partial charge in [0.15, 0.2) is 23.3 Å². The van der Waals surface area contributed by atoms with Crippen molar-refractivity contribution in [2.45, 2.75) is 0 Å². The first kappa shape index (κ1) is 30.2. The van der Waals surface area contributed by atoms with Crippen molar-refractivity contribution < 1.29 is 16.4 Å². The Balaban J connectivity index is 0.000000960. The zero-order valence-corrected chi connectivity index (χ0v) is 25.3. The van der Waals surface area contributed by atoms with Crippen LogP contribution in [0.15, 0.2) is 97.1 Å². The second-order valence-corrected chi connectivity index (χ2v) is 9.79. The number of aromatic amines is 2. The molecule has 0 unspecified atom stereocenters. The molecule has 0 saturated carbocycles. The Kier molecular flexibility index (Phi) is 7.86. The Bertz CT molecular complexity index is 2050. The van der Waals surface area contributed by atoms with Crippen LogP contribution in [0.3, 0.4) is 0 Å². The monoisotopic (exact) mass is 634 g/mol. The SMILES string of the molecule is [Ga+3].[OH-].[OH-].[OH-].c1ccc2c(c1)-c1nc-2nc2[nH]c(nc3nc(nc4[nH]c(n1)c1ccccc41)-c1ccccc1-3)c1ccccc21. The summed E-state index contributed by atoms with van der Waals surface area (Å²) in [6.07, 6.45) is 0. The molecule has 2 aliphatic heterocycles. The topological polar surface area (TPSA) is 199 Å². The van der Waals surface area contributed by atoms with Crippen LogP contribution < -0.4 is 0 Å². The van der Waals surface area contributed by atoms with E-state index < -0.39 is 0 Å². The van der Waals surface area contributed by atoms with E-state index >= 15 is 0 Å². The summed E-state index contributed by atoms with van der Waals surface area (Å²) in [6.45, 7) is 0. The quantitative estimate of drug-likeness (QED) is 0.189. The summed E-state index contributed by atoms with van der Waals surface area (Å²) in [7, 11) is 0. The van der Waals surface area contributed by atoms with Crippen molar-refractivity contribution in [1.29, 1.82) is 0 Å². The van der Waals surface area contributed by atoms with Crippen molar-refractivity contribution in [2.24, 2.45) is 0 Å². The van der Waals surface area contributed by atoms with Crippen molar-refractivity contribution in [1.82, 2.24) is 39.9 Å². The number of aromatic nitrogens is 8. The van der Waals surface area contributed by atoms with Gasteiger partial charge in [-0.3, -0.25) is 0 Å². The fourth-order valence-corrected chi connectivity index (χ4v) is 5.59. The van der Waals surface area contributed by atoms with E-state index in [-0.39, 0.29) is 36.2 Å². The Labute approximate surface area is 262 Å². The number of hydrogen-bond acceptors (Lipinski definition) is 9. The first-order valence-corrected chi connectivity index (χ1v) is 13.0. The average Bonchev–Trinajstić information content (AvgIpc) is 3.73. The second kappa shape index (κ2) is 11.4. The Hall–Kier alpha value is -5.24. The Morgan fingerprint density at radius 1 is 0.318 bits per heavy atom. The molecule has 0 aliphatic carbocycles. The van der Waals surface area contributed by atoms with Crippen LogP contribution in [-0.4, -0.2) is 76.1 Å². The number of nitrogens with zero attached hydrogens (tertiary/aromatic N) is 6. The van der Waals surface area contributed by atoms with Gasteiger partial charge >= 0.3 is 19.8 Å². The van der Waals surface area contributed by atoms with Gasteiger partial charge in [0.1, 0.15) is 22.6 Å². The molecule has 44 heavy (non-hydrogen) atoms. The Morgan fingerprint density at radius 2 is 0.545 bits per heavy atom. The maximum atomic E-state index is 5.02. The molecule has 12 heteroatoms. The van der Waals surface area contributed by atoms with E-state index in [1.54, 1.807) is 0 Å². The van der Waals surface area contributed by atoms with E-state index in [1.807, 2.05) is 97.1 Å². The molecule has 11 nitrogen and oxygen atoms in total. The van der Waals surface area contributed by atoms with Gasteiger partial charge in [-0.25, -0.2) is 29.9 Å². The summed E-state index contributed by atoms with van der Waals surface area (Å²) in [5, 5.41) is 3.82. The summed E-state index contributed by atoms with van der Waals surface area (Å²) in [5.74, 6) is 2.39. The van der Waals surface area contributed by atoms with Crippen molar-refractivity contribution in [3.8, 4) is 45.6 Å². The maximum absolute atomic E-state index is 5.02. The minimum absolute atomic E-state index is 0. The molecule has 5 heterocycles. The number of benzene rings is 4. The fourth-order valence-electron chi connectivity index (χ4n) is 5.59. The molecule has 0 spiro atoms. The van der Waals surface area contributed by atoms with Crippen molar-refractivity contribution in [2.75, 3.05) is 0 Å². The summed E-state index contributed by atoms with van der Waals surface area (Å²) < 4.78 is 0. The predicted molar refractivity (Wildman–Crippen MR) is 168 cm³/mol. The van der Waals surface area contributed by atoms with Gasteiger partial charge in [0.2, 0.25) is 0 Å². The molecule has 0 saturated heterocycles. The molecule has 0 radical (unpaired) electrons. The van der Waals surface area contributed by atoms with Gasteiger partial charge in [0.25, 0.3) is 0 Å². The zero-order valence-electron chi connectivity index (χ0n) is 22.8. The van der Waals surface area contributed by atoms with E-state index in [1.165, 1.54) is 0 Å². The summed E-state index contributed by atoms with van der Waals surface area (Å²) in [6, 6.07) is 32.2. The number of H-pyrrole nitrogens is 2. The molecule has 3 aromatic heterocycles. The second-order valence-electron chi connectivity index (χ2n) is 9.79. The van der Waals surface area contributed by atoms with E-state index in [0.717, 1.165) is 43.8 Å². The van der Waals surface area contributed by atoms with E-state index in [4.69, 9.17) is 29.9 Å². The van der Waals surface area contributed by atoms with Crippen LogP contribution in [0.25, 0.3) is 89.7 Å². The first-order chi connectivity index (χ1) is 19.8. The van der Waals surface area contributed by atoms with Crippen LogP contribution in [0, 0.1) is 0 Å². The van der Waals surface area contributed by atoms with E-state index in [2.05, 4.69) is 9.97 Å². The van der Waals surface area contributed by atoms with E-state index in [9.17, 15) is 0 Å². The van der Waals surface area contributed by atoms with Crippen LogP contribution in [0.5, 0.6) is 0 Å². The van der Waals surface area contributed by atoms with Gasteiger partial charge < -0.3 is 26.4 Å². The van der Waals surface area contributed by atoms with E-state index in [0.29, 0.717) is 45.9 Å². The minimum atomic E-state index is 0. The molecule has 0 amide bonds. The average molecular weight is 635 g/mol. The number of hydrogen-bond donors (Lipinski definition) is 2. The minimum Gasteiger partial charge on any atom is -0.870 e. The normalized spacial score (nSPS) is 10.9. The predicted octanol–water partition coefficient (Wildman–Crippen LogP) is 5.96. The molecular formula is C32H21GaN8O3. The van der Waals surface area contributed by atoms with Crippen molar-refractivity contribution >= 4 is 63.9 Å². The first-order valence-electron chi connectivity index (χ1n) is 13.0. The summed E-state index contributed by atoms with van der Waals surface area (Å²) >= 11 is 0. The smallest absolute Gasteiger partial charge is 0.870 e. The zero-order chi connectivity index (χ0) is 26.2. The molecule has 4 aromatic carbocycles. The summed E-state index contributed by atoms with van der Waals surface area (Å²) in [5.41, 5.74) is 6.45. The fraction of sp³-hybridized carbons (Fsp3) is 0. The largest absolute Gasteiger partial charge is 3.00 e. The van der Waals surface area contributed by atoms with Crippen LogP contribution in [-0.2, 0) is 0 Å². The molecule has 5 N–H and O–H groups in total. The van der Waals surface area contributed by atoms with Crippen LogP contribution in [0.2, 0.25) is 0 Å². The molecular weight excluding hydrogens is 614 g/mol. The molecule has 0 fully saturated rings. The van der Waals surface area contributed by atoms with Crippen molar-refractivity contribution in [3.05, 3.63) is 97.1 Å². The molecule has 2 aliphatic rings. The molecule has 8 bridgehead atoms. The molecule has 210 valence electrons. The third-order valence-corrected chi connectivity index (χ3v) is 7.46. The number of nitrogens with one attached hydrogen (secondary N) is 2. The number of fused-ring (bicyclic) bond motifs is 20. The van der Waals surface area contributed by atoms with Gasteiger partial charge in [-0.15, -0.1) is 0 Å². The third-order valence-electron chi connectivity index (χ3n) is 7.46. The molecule has 7 aromatic rings. The van der Waals surface area contributed by atoms with Crippen LogP contribution in [0.1, 0.15) is 0 Å². The standard InChI is InChI=1S/C32H18N8.Ga.3H2O/c1-2-10-18-17(9-1)25-33-26(18)38-28-21-13-5-6-14-22(21)30(35-28)40-32-24-16-8-7-15-23(24)31(36-32)39-29-20-12-4-3-11-19(20)27(34-29)37-25;;;;/h1-16H,(H2,33,34,35,36,37,38,39,40);;3*1H2/q;+3;;;/p-3. The third kappa shape index (κ3) is 4.45.